The second-order valence-corrected chi connectivity index (χ2v) is 8.34. The predicted octanol–water partition coefficient (Wildman–Crippen LogP) is 1.61. The van der Waals surface area contributed by atoms with Crippen molar-refractivity contribution in [2.75, 3.05) is 11.1 Å². The van der Waals surface area contributed by atoms with Crippen molar-refractivity contribution in [1.82, 2.24) is 0 Å². The SMILES string of the molecule is C[C@H](CS(=O)(=O)c1ccc2c(c1)NC(=O)[C@@H](C)S2)C(=O)O. The molecule has 2 rings (SSSR count). The van der Waals surface area contributed by atoms with E-state index < -0.39 is 27.5 Å². The number of benzene rings is 1. The molecule has 0 spiro atoms. The highest BCUT2D eigenvalue weighted by molar-refractivity contribution is 8.01. The summed E-state index contributed by atoms with van der Waals surface area (Å²) in [5, 5.41) is 11.3. The van der Waals surface area contributed by atoms with Crippen LogP contribution in [0.1, 0.15) is 13.8 Å². The van der Waals surface area contributed by atoms with Crippen LogP contribution in [-0.2, 0) is 19.4 Å². The van der Waals surface area contributed by atoms with Crippen molar-refractivity contribution < 1.29 is 23.1 Å². The summed E-state index contributed by atoms with van der Waals surface area (Å²) in [5.41, 5.74) is 0.451. The zero-order chi connectivity index (χ0) is 15.8. The number of aliphatic carboxylic acids is 1. The van der Waals surface area contributed by atoms with E-state index in [1.807, 2.05) is 0 Å². The normalized spacial score (nSPS) is 19.5. The number of sulfone groups is 1. The van der Waals surface area contributed by atoms with Gasteiger partial charge < -0.3 is 10.4 Å². The first-order valence-corrected chi connectivity index (χ1v) is 8.81. The smallest absolute Gasteiger partial charge is 0.307 e. The predicted molar refractivity (Wildman–Crippen MR) is 79.2 cm³/mol. The number of carboxylic acids is 1. The lowest BCUT2D eigenvalue weighted by atomic mass is 10.2. The summed E-state index contributed by atoms with van der Waals surface area (Å²) in [6.07, 6.45) is 0. The molecule has 21 heavy (non-hydrogen) atoms. The lowest BCUT2D eigenvalue weighted by molar-refractivity contribution is -0.140. The van der Waals surface area contributed by atoms with Gasteiger partial charge in [0.2, 0.25) is 5.91 Å². The Balaban J connectivity index is 2.32. The third-order valence-corrected chi connectivity index (χ3v) is 6.22. The van der Waals surface area contributed by atoms with Gasteiger partial charge in [0, 0.05) is 4.90 Å². The molecule has 1 aromatic rings. The molecule has 1 aliphatic heterocycles. The molecule has 6 nitrogen and oxygen atoms in total. The van der Waals surface area contributed by atoms with Gasteiger partial charge in [-0.25, -0.2) is 8.42 Å². The van der Waals surface area contributed by atoms with E-state index in [4.69, 9.17) is 5.11 Å². The molecule has 2 N–H and O–H groups in total. The summed E-state index contributed by atoms with van der Waals surface area (Å²) >= 11 is 1.36. The number of amides is 1. The second kappa shape index (κ2) is 5.69. The summed E-state index contributed by atoms with van der Waals surface area (Å²) < 4.78 is 24.4. The Labute approximate surface area is 126 Å². The van der Waals surface area contributed by atoms with Crippen LogP contribution in [0, 0.1) is 5.92 Å². The molecular formula is C13H15NO5S2. The fraction of sp³-hybridized carbons (Fsp3) is 0.385. The minimum atomic E-state index is -3.71. The third-order valence-electron chi connectivity index (χ3n) is 3.13. The molecule has 0 saturated heterocycles. The molecule has 0 saturated carbocycles. The first kappa shape index (κ1) is 15.8. The van der Waals surface area contributed by atoms with Gasteiger partial charge in [-0.15, -0.1) is 11.8 Å². The number of nitrogens with one attached hydrogen (secondary N) is 1. The molecule has 1 aliphatic rings. The van der Waals surface area contributed by atoms with Crippen molar-refractivity contribution in [3.8, 4) is 0 Å². The summed E-state index contributed by atoms with van der Waals surface area (Å²) in [7, 11) is -3.71. The fourth-order valence-electron chi connectivity index (χ4n) is 1.88. The zero-order valence-corrected chi connectivity index (χ0v) is 13.1. The summed E-state index contributed by atoms with van der Waals surface area (Å²) in [4.78, 5) is 23.2. The first-order valence-electron chi connectivity index (χ1n) is 6.28. The van der Waals surface area contributed by atoms with Crippen LogP contribution in [0.4, 0.5) is 5.69 Å². The van der Waals surface area contributed by atoms with Crippen LogP contribution in [0.25, 0.3) is 0 Å². The van der Waals surface area contributed by atoms with E-state index >= 15 is 0 Å². The van der Waals surface area contributed by atoms with E-state index in [0.717, 1.165) is 4.90 Å². The Morgan fingerprint density at radius 1 is 1.48 bits per heavy atom. The van der Waals surface area contributed by atoms with Crippen molar-refractivity contribution >= 4 is 39.2 Å². The summed E-state index contributed by atoms with van der Waals surface area (Å²) in [6, 6.07) is 4.46. The summed E-state index contributed by atoms with van der Waals surface area (Å²) in [5.74, 6) is -2.80. The summed E-state index contributed by atoms with van der Waals surface area (Å²) in [6.45, 7) is 3.11. The molecule has 114 valence electrons. The molecule has 1 heterocycles. The molecule has 0 unspecified atom stereocenters. The van der Waals surface area contributed by atoms with Gasteiger partial charge in [-0.2, -0.15) is 0 Å². The highest BCUT2D eigenvalue weighted by atomic mass is 32.2. The maximum Gasteiger partial charge on any atom is 0.307 e. The number of carbonyl (C=O) groups excluding carboxylic acids is 1. The quantitative estimate of drug-likeness (QED) is 0.870. The van der Waals surface area contributed by atoms with Gasteiger partial charge in [0.05, 0.1) is 27.5 Å². The Kier molecular flexibility index (Phi) is 4.29. The van der Waals surface area contributed by atoms with E-state index in [1.54, 1.807) is 13.0 Å². The molecule has 1 aromatic carbocycles. The van der Waals surface area contributed by atoms with E-state index in [1.165, 1.54) is 30.8 Å². The van der Waals surface area contributed by atoms with Crippen LogP contribution in [0.2, 0.25) is 0 Å². The van der Waals surface area contributed by atoms with Gasteiger partial charge in [-0.1, -0.05) is 6.92 Å². The maximum atomic E-state index is 12.2. The van der Waals surface area contributed by atoms with Gasteiger partial charge in [-0.05, 0) is 25.1 Å². The number of carboxylic acid groups (broad SMARTS) is 1. The molecule has 0 bridgehead atoms. The Morgan fingerprint density at radius 3 is 2.76 bits per heavy atom. The van der Waals surface area contributed by atoms with Gasteiger partial charge in [0.25, 0.3) is 0 Å². The lowest BCUT2D eigenvalue weighted by Crippen LogP contribution is -2.27. The topological polar surface area (TPSA) is 101 Å². The van der Waals surface area contributed by atoms with Crippen molar-refractivity contribution in [3.05, 3.63) is 18.2 Å². The zero-order valence-electron chi connectivity index (χ0n) is 11.5. The van der Waals surface area contributed by atoms with Gasteiger partial charge in [0.1, 0.15) is 0 Å². The minimum absolute atomic E-state index is 0.0183. The number of carbonyl (C=O) groups is 2. The maximum absolute atomic E-state index is 12.2. The lowest BCUT2D eigenvalue weighted by Gasteiger charge is -2.22. The Hall–Kier alpha value is -1.54. The van der Waals surface area contributed by atoms with Crippen molar-refractivity contribution in [2.45, 2.75) is 28.9 Å². The van der Waals surface area contributed by atoms with E-state index in [2.05, 4.69) is 5.32 Å². The number of rotatable bonds is 4. The number of hydrogen-bond acceptors (Lipinski definition) is 5. The minimum Gasteiger partial charge on any atom is -0.481 e. The average molecular weight is 329 g/mol. The van der Waals surface area contributed by atoms with Crippen LogP contribution in [0.3, 0.4) is 0 Å². The molecule has 8 heteroatoms. The number of anilines is 1. The first-order chi connectivity index (χ1) is 9.70. The van der Waals surface area contributed by atoms with Crippen LogP contribution in [0.15, 0.2) is 28.0 Å². The van der Waals surface area contributed by atoms with Gasteiger partial charge in [0.15, 0.2) is 9.84 Å². The third kappa shape index (κ3) is 3.38. The van der Waals surface area contributed by atoms with E-state index in [9.17, 15) is 18.0 Å². The second-order valence-electron chi connectivity index (χ2n) is 4.93. The van der Waals surface area contributed by atoms with Gasteiger partial charge >= 0.3 is 5.97 Å². The molecule has 0 radical (unpaired) electrons. The fourth-order valence-corrected chi connectivity index (χ4v) is 4.37. The highest BCUT2D eigenvalue weighted by Crippen LogP contribution is 2.36. The molecule has 0 aromatic heterocycles. The monoisotopic (exact) mass is 329 g/mol. The molecule has 0 aliphatic carbocycles. The molecule has 0 fully saturated rings. The molecule has 2 atom stereocenters. The van der Waals surface area contributed by atoms with E-state index in [0.29, 0.717) is 5.69 Å². The van der Waals surface area contributed by atoms with Crippen LogP contribution >= 0.6 is 11.8 Å². The number of hydrogen-bond donors (Lipinski definition) is 2. The number of fused-ring (bicyclic) bond motifs is 1. The van der Waals surface area contributed by atoms with Crippen molar-refractivity contribution in [2.24, 2.45) is 5.92 Å². The Morgan fingerprint density at radius 2 is 2.14 bits per heavy atom. The number of thioether (sulfide) groups is 1. The van der Waals surface area contributed by atoms with Crippen LogP contribution in [-0.4, -0.2) is 36.4 Å². The molecule has 1 amide bonds. The highest BCUT2D eigenvalue weighted by Gasteiger charge is 2.27. The van der Waals surface area contributed by atoms with Crippen LogP contribution in [0.5, 0.6) is 0 Å². The van der Waals surface area contributed by atoms with Crippen molar-refractivity contribution in [1.29, 1.82) is 0 Å². The average Bonchev–Trinajstić information content (AvgIpc) is 2.38. The largest absolute Gasteiger partial charge is 0.481 e. The molecular weight excluding hydrogens is 314 g/mol. The van der Waals surface area contributed by atoms with Crippen molar-refractivity contribution in [3.63, 3.8) is 0 Å². The van der Waals surface area contributed by atoms with Crippen LogP contribution < -0.4 is 5.32 Å². The standard InChI is InChI=1S/C13H15NO5S2/c1-7(13(16)17)6-21(18,19)9-3-4-11-10(5-9)14-12(15)8(2)20-11/h3-5,7-8H,6H2,1-2H3,(H,14,15)(H,16,17)/t7-,8-/m1/s1. The van der Waals surface area contributed by atoms with E-state index in [-0.39, 0.29) is 16.1 Å². The van der Waals surface area contributed by atoms with Gasteiger partial charge in [-0.3, -0.25) is 9.59 Å². The Bertz CT molecular complexity index is 699.